The minimum Gasteiger partial charge on any atom is -0.393 e. The van der Waals surface area contributed by atoms with Crippen LogP contribution in [0.2, 0.25) is 0 Å². The molecule has 66 valence electrons. The third kappa shape index (κ3) is 1.27. The lowest BCUT2D eigenvalue weighted by molar-refractivity contribution is 0.177. The lowest BCUT2D eigenvalue weighted by atomic mass is 10.2. The van der Waals surface area contributed by atoms with Gasteiger partial charge in [0.05, 0.1) is 18.3 Å². The quantitative estimate of drug-likeness (QED) is 0.616. The van der Waals surface area contributed by atoms with Crippen molar-refractivity contribution in [3.05, 3.63) is 6.20 Å². The number of nitrogen functional groups attached to an aromatic ring is 1. The van der Waals surface area contributed by atoms with Gasteiger partial charge in [-0.05, 0) is 19.3 Å². The van der Waals surface area contributed by atoms with Crippen molar-refractivity contribution in [3.8, 4) is 0 Å². The second-order valence-electron chi connectivity index (χ2n) is 3.24. The van der Waals surface area contributed by atoms with Crippen molar-refractivity contribution in [1.29, 1.82) is 0 Å². The highest BCUT2D eigenvalue weighted by Crippen LogP contribution is 2.29. The van der Waals surface area contributed by atoms with Gasteiger partial charge in [-0.2, -0.15) is 0 Å². The van der Waals surface area contributed by atoms with Gasteiger partial charge in [-0.15, -0.1) is 5.10 Å². The van der Waals surface area contributed by atoms with Crippen LogP contribution in [0.3, 0.4) is 0 Å². The zero-order chi connectivity index (χ0) is 8.55. The Kier molecular flexibility index (Phi) is 1.73. The van der Waals surface area contributed by atoms with E-state index in [0.29, 0.717) is 5.82 Å². The van der Waals surface area contributed by atoms with E-state index in [2.05, 4.69) is 10.3 Å². The fourth-order valence-corrected chi connectivity index (χ4v) is 1.64. The van der Waals surface area contributed by atoms with Crippen LogP contribution >= 0.6 is 0 Å². The van der Waals surface area contributed by atoms with Crippen LogP contribution in [-0.2, 0) is 0 Å². The molecule has 0 aromatic carbocycles. The molecule has 1 aromatic heterocycles. The summed E-state index contributed by atoms with van der Waals surface area (Å²) in [7, 11) is 0. The summed E-state index contributed by atoms with van der Waals surface area (Å²) in [5.74, 6) is 0.441. The third-order valence-electron chi connectivity index (χ3n) is 2.28. The topological polar surface area (TPSA) is 77.0 Å². The van der Waals surface area contributed by atoms with Gasteiger partial charge in [0.15, 0.2) is 5.82 Å². The Labute approximate surface area is 70.2 Å². The fraction of sp³-hybridized carbons (Fsp3) is 0.714. The Morgan fingerprint density at radius 3 is 2.92 bits per heavy atom. The van der Waals surface area contributed by atoms with Crippen LogP contribution in [0.15, 0.2) is 6.20 Å². The van der Waals surface area contributed by atoms with Crippen LogP contribution in [0.4, 0.5) is 5.82 Å². The van der Waals surface area contributed by atoms with Crippen molar-refractivity contribution in [3.63, 3.8) is 0 Å². The first-order chi connectivity index (χ1) is 5.75. The second-order valence-corrected chi connectivity index (χ2v) is 3.24. The Morgan fingerprint density at radius 2 is 2.42 bits per heavy atom. The molecule has 2 rings (SSSR count). The van der Waals surface area contributed by atoms with Gasteiger partial charge in [0.25, 0.3) is 0 Å². The highest BCUT2D eigenvalue weighted by Gasteiger charge is 2.24. The van der Waals surface area contributed by atoms with Crippen LogP contribution in [0.25, 0.3) is 0 Å². The van der Waals surface area contributed by atoms with Crippen LogP contribution in [-0.4, -0.2) is 26.2 Å². The predicted octanol–water partition coefficient (Wildman–Crippen LogP) is -0.0538. The molecule has 5 nitrogen and oxygen atoms in total. The Balaban J connectivity index is 2.11. The lowest BCUT2D eigenvalue weighted by Crippen LogP contribution is -2.07. The van der Waals surface area contributed by atoms with Gasteiger partial charge < -0.3 is 10.8 Å². The largest absolute Gasteiger partial charge is 0.393 e. The van der Waals surface area contributed by atoms with Crippen LogP contribution in [0.1, 0.15) is 25.3 Å². The van der Waals surface area contributed by atoms with Crippen molar-refractivity contribution in [2.75, 3.05) is 5.73 Å². The summed E-state index contributed by atoms with van der Waals surface area (Å²) >= 11 is 0. The molecule has 0 amide bonds. The van der Waals surface area contributed by atoms with Gasteiger partial charge >= 0.3 is 0 Å². The molecule has 12 heavy (non-hydrogen) atoms. The Hall–Kier alpha value is -1.10. The van der Waals surface area contributed by atoms with Crippen molar-refractivity contribution < 1.29 is 5.11 Å². The van der Waals surface area contributed by atoms with E-state index in [-0.39, 0.29) is 12.1 Å². The monoisotopic (exact) mass is 168 g/mol. The van der Waals surface area contributed by atoms with Gasteiger partial charge in [-0.25, -0.2) is 4.68 Å². The predicted molar refractivity (Wildman–Crippen MR) is 43.3 cm³/mol. The number of nitrogens with two attached hydrogens (primary N) is 1. The van der Waals surface area contributed by atoms with Gasteiger partial charge in [-0.1, -0.05) is 5.21 Å². The van der Waals surface area contributed by atoms with Gasteiger partial charge in [0.2, 0.25) is 0 Å². The first-order valence-corrected chi connectivity index (χ1v) is 4.11. The minimum atomic E-state index is -0.180. The second kappa shape index (κ2) is 2.75. The average molecular weight is 168 g/mol. The van der Waals surface area contributed by atoms with Crippen LogP contribution in [0, 0.1) is 0 Å². The molecular weight excluding hydrogens is 156 g/mol. The van der Waals surface area contributed by atoms with Gasteiger partial charge in [-0.3, -0.25) is 0 Å². The normalized spacial score (nSPS) is 29.4. The number of aliphatic hydroxyl groups is 1. The number of aromatic nitrogens is 3. The maximum Gasteiger partial charge on any atom is 0.165 e. The van der Waals surface area contributed by atoms with Crippen LogP contribution < -0.4 is 5.73 Å². The van der Waals surface area contributed by atoms with Crippen molar-refractivity contribution in [1.82, 2.24) is 15.0 Å². The molecule has 0 radical (unpaired) electrons. The van der Waals surface area contributed by atoms with E-state index in [4.69, 9.17) is 5.73 Å². The fourth-order valence-electron chi connectivity index (χ4n) is 1.64. The molecule has 1 aliphatic carbocycles. The lowest BCUT2D eigenvalue weighted by Gasteiger charge is -2.07. The number of hydrogen-bond donors (Lipinski definition) is 2. The van der Waals surface area contributed by atoms with E-state index in [0.717, 1.165) is 19.3 Å². The maximum atomic E-state index is 9.27. The number of hydrogen-bond acceptors (Lipinski definition) is 4. The molecule has 1 aromatic rings. The van der Waals surface area contributed by atoms with Gasteiger partial charge in [0, 0.05) is 0 Å². The summed E-state index contributed by atoms with van der Waals surface area (Å²) in [6, 6.07) is 0.282. The molecule has 0 aliphatic heterocycles. The highest BCUT2D eigenvalue weighted by atomic mass is 16.3. The van der Waals surface area contributed by atoms with E-state index in [1.807, 2.05) is 0 Å². The average Bonchev–Trinajstić information content (AvgIpc) is 2.58. The Morgan fingerprint density at radius 1 is 1.58 bits per heavy atom. The molecule has 0 saturated heterocycles. The number of anilines is 1. The SMILES string of the molecule is Nc1cn(C2CCC(O)C2)nn1. The molecule has 1 heterocycles. The molecule has 1 fully saturated rings. The standard InChI is InChI=1S/C7H12N4O/c8-7-4-11(10-9-7)5-1-2-6(12)3-5/h4-6,12H,1-3,8H2. The van der Waals surface area contributed by atoms with Crippen molar-refractivity contribution in [2.45, 2.75) is 31.4 Å². The van der Waals surface area contributed by atoms with Crippen molar-refractivity contribution >= 4 is 5.82 Å². The first-order valence-electron chi connectivity index (χ1n) is 4.11. The molecule has 0 spiro atoms. The van der Waals surface area contributed by atoms with Gasteiger partial charge in [0.1, 0.15) is 0 Å². The number of rotatable bonds is 1. The molecule has 5 heteroatoms. The van der Waals surface area contributed by atoms with Crippen LogP contribution in [0.5, 0.6) is 0 Å². The summed E-state index contributed by atoms with van der Waals surface area (Å²) in [4.78, 5) is 0. The van der Waals surface area contributed by atoms with E-state index >= 15 is 0 Å². The highest BCUT2D eigenvalue weighted by molar-refractivity contribution is 5.20. The molecule has 0 bridgehead atoms. The zero-order valence-electron chi connectivity index (χ0n) is 6.72. The van der Waals surface area contributed by atoms with Crippen molar-refractivity contribution in [2.24, 2.45) is 0 Å². The summed E-state index contributed by atoms with van der Waals surface area (Å²) < 4.78 is 1.74. The molecule has 1 aliphatic rings. The van der Waals surface area contributed by atoms with E-state index in [1.165, 1.54) is 0 Å². The number of nitrogens with zero attached hydrogens (tertiary/aromatic N) is 3. The van der Waals surface area contributed by atoms with E-state index in [9.17, 15) is 5.11 Å². The van der Waals surface area contributed by atoms with E-state index < -0.39 is 0 Å². The Bertz CT molecular complexity index is 272. The minimum absolute atomic E-state index is 0.180. The summed E-state index contributed by atoms with van der Waals surface area (Å²) in [5.41, 5.74) is 5.42. The number of aliphatic hydroxyl groups excluding tert-OH is 1. The summed E-state index contributed by atoms with van der Waals surface area (Å²) in [6.07, 6.45) is 4.11. The molecule has 1 saturated carbocycles. The van der Waals surface area contributed by atoms with E-state index in [1.54, 1.807) is 10.9 Å². The third-order valence-corrected chi connectivity index (χ3v) is 2.28. The molecule has 3 N–H and O–H groups in total. The zero-order valence-corrected chi connectivity index (χ0v) is 6.72. The summed E-state index contributed by atoms with van der Waals surface area (Å²) in [6.45, 7) is 0. The maximum absolute atomic E-state index is 9.27. The smallest absolute Gasteiger partial charge is 0.165 e. The molecule has 2 atom stereocenters. The molecule has 2 unspecified atom stereocenters. The molecular formula is C7H12N4O. The summed E-state index contributed by atoms with van der Waals surface area (Å²) in [5, 5.41) is 16.8. The first kappa shape index (κ1) is 7.54.